The molecule has 0 spiro atoms. The van der Waals surface area contributed by atoms with Gasteiger partial charge in [-0.2, -0.15) is 0 Å². The summed E-state index contributed by atoms with van der Waals surface area (Å²) >= 11 is -1.70. The topological polar surface area (TPSA) is 25.8 Å². The molecule has 2 heterocycles. The summed E-state index contributed by atoms with van der Waals surface area (Å²) in [5.41, 5.74) is 5.70. The molecule has 0 saturated carbocycles. The molecule has 2 aromatic rings. The number of rotatable bonds is 1. The molecule has 0 aliphatic carbocycles. The largest absolute Gasteiger partial charge is 0.358 e. The van der Waals surface area contributed by atoms with E-state index in [1.54, 1.807) is 12.4 Å². The fourth-order valence-corrected chi connectivity index (χ4v) is 2.14. The van der Waals surface area contributed by atoms with Gasteiger partial charge in [0.15, 0.2) is 0 Å². The molecule has 0 amide bonds. The average molecular weight is 409 g/mol. The van der Waals surface area contributed by atoms with E-state index in [1.165, 1.54) is 0 Å². The summed E-state index contributed by atoms with van der Waals surface area (Å²) in [4.78, 5) is 8.37. The van der Waals surface area contributed by atoms with Gasteiger partial charge in [-0.25, -0.2) is 0 Å². The minimum atomic E-state index is -1.70. The van der Waals surface area contributed by atoms with Gasteiger partial charge in [0.05, 0.1) is 11.4 Å². The summed E-state index contributed by atoms with van der Waals surface area (Å²) in [5.74, 6) is 0. The maximum absolute atomic E-state index is 5.44. The Labute approximate surface area is 139 Å². The van der Waals surface area contributed by atoms with Gasteiger partial charge < -0.3 is 7.43 Å². The predicted molar refractivity (Wildman–Crippen MR) is 89.0 cm³/mol. The summed E-state index contributed by atoms with van der Waals surface area (Å²) in [5, 5.41) is 0. The van der Waals surface area contributed by atoms with E-state index >= 15 is 0 Å². The molecule has 0 atom stereocenters. The van der Waals surface area contributed by atoms with Crippen molar-refractivity contribution in [3.8, 4) is 11.4 Å². The Morgan fingerprint density at radius 1 is 0.952 bits per heavy atom. The van der Waals surface area contributed by atoms with Crippen LogP contribution in [0.2, 0.25) is 0 Å². The van der Waals surface area contributed by atoms with Gasteiger partial charge in [0.2, 0.25) is 0 Å². The zero-order chi connectivity index (χ0) is 14.8. The van der Waals surface area contributed by atoms with Gasteiger partial charge in [0.1, 0.15) is 0 Å². The summed E-state index contributed by atoms with van der Waals surface area (Å²) in [6.45, 7) is 3.86. The molecule has 0 aliphatic rings. The second kappa shape index (κ2) is 11.6. The van der Waals surface area contributed by atoms with Crippen LogP contribution in [0.1, 0.15) is 13.8 Å². The first-order valence-corrected chi connectivity index (χ1v) is 11.1. The van der Waals surface area contributed by atoms with Crippen molar-refractivity contribution in [2.24, 2.45) is 0 Å². The molecular formula is C16H17Cl2N2Ru-. The van der Waals surface area contributed by atoms with Crippen LogP contribution in [0.3, 0.4) is 0 Å². The SMILES string of the molecule is CC(C)=C=[C]=[Ru]([Cl])[Cl].[CH3-].c1ccc(-c2ccccn2)nc1. The van der Waals surface area contributed by atoms with E-state index in [0.29, 0.717) is 0 Å². The van der Waals surface area contributed by atoms with Gasteiger partial charge in [-0.3, -0.25) is 9.97 Å². The predicted octanol–water partition coefficient (Wildman–Crippen LogP) is 5.03. The molecule has 0 N–H and O–H groups in total. The third-order valence-electron chi connectivity index (χ3n) is 1.95. The van der Waals surface area contributed by atoms with Crippen LogP contribution in [-0.4, -0.2) is 14.2 Å². The number of hydrogen-bond donors (Lipinski definition) is 0. The number of pyridine rings is 2. The number of hydrogen-bond acceptors (Lipinski definition) is 2. The van der Waals surface area contributed by atoms with Crippen LogP contribution >= 0.6 is 19.4 Å². The summed E-state index contributed by atoms with van der Waals surface area (Å²) in [6, 6.07) is 11.6. The second-order valence-electron chi connectivity index (χ2n) is 3.83. The second-order valence-corrected chi connectivity index (χ2v) is 9.14. The van der Waals surface area contributed by atoms with E-state index in [2.05, 4.69) is 20.0 Å². The van der Waals surface area contributed by atoms with Crippen molar-refractivity contribution < 1.29 is 13.5 Å². The Balaban J connectivity index is 0.000000397. The van der Waals surface area contributed by atoms with Crippen LogP contribution in [0.4, 0.5) is 0 Å². The smallest absolute Gasteiger partial charge is 0.0886 e. The Kier molecular flexibility index (Phi) is 11.0. The molecule has 0 aromatic carbocycles. The molecule has 114 valence electrons. The molecule has 0 unspecified atom stereocenters. The molecule has 0 fully saturated rings. The first-order chi connectivity index (χ1) is 9.59. The Bertz CT molecular complexity index is 564. The number of allylic oxidation sites excluding steroid dienone is 1. The number of nitrogens with zero attached hydrogens (tertiary/aromatic N) is 2. The summed E-state index contributed by atoms with van der Waals surface area (Å²) in [7, 11) is 10.9. The van der Waals surface area contributed by atoms with Crippen molar-refractivity contribution in [1.29, 1.82) is 0 Å². The molecule has 0 saturated heterocycles. The maximum Gasteiger partial charge on any atom is 0.0886 e. The zero-order valence-corrected chi connectivity index (χ0v) is 15.4. The van der Waals surface area contributed by atoms with E-state index in [9.17, 15) is 0 Å². The third kappa shape index (κ3) is 9.48. The Morgan fingerprint density at radius 2 is 1.43 bits per heavy atom. The number of halogens is 2. The van der Waals surface area contributed by atoms with Crippen LogP contribution in [0.5, 0.6) is 0 Å². The zero-order valence-electron chi connectivity index (χ0n) is 12.1. The third-order valence-corrected chi connectivity index (χ3v) is 3.29. The molecule has 2 aromatic heterocycles. The molecular weight excluding hydrogens is 392 g/mol. The molecule has 2 nitrogen and oxygen atoms in total. The van der Waals surface area contributed by atoms with Gasteiger partial charge in [-0.15, -0.1) is 0 Å². The normalized spacial score (nSPS) is 9.05. The first-order valence-electron chi connectivity index (χ1n) is 5.73. The fraction of sp³-hybridized carbons (Fsp3) is 0.125. The van der Waals surface area contributed by atoms with Crippen molar-refractivity contribution >= 4 is 23.6 Å². The van der Waals surface area contributed by atoms with Gasteiger partial charge >= 0.3 is 62.3 Å². The fourth-order valence-electron chi connectivity index (χ4n) is 1.15. The summed E-state index contributed by atoms with van der Waals surface area (Å²) < 4.78 is 2.73. The Morgan fingerprint density at radius 3 is 1.67 bits per heavy atom. The van der Waals surface area contributed by atoms with Crippen molar-refractivity contribution in [3.63, 3.8) is 0 Å². The van der Waals surface area contributed by atoms with Gasteiger partial charge in [-0.05, 0) is 24.3 Å². The van der Waals surface area contributed by atoms with E-state index in [-0.39, 0.29) is 7.43 Å². The molecule has 0 bridgehead atoms. The Hall–Kier alpha value is -1.07. The first kappa shape index (κ1) is 19.9. The van der Waals surface area contributed by atoms with Crippen LogP contribution in [0.15, 0.2) is 60.1 Å². The average Bonchev–Trinajstić information content (AvgIpc) is 2.48. The van der Waals surface area contributed by atoms with Crippen molar-refractivity contribution in [2.75, 3.05) is 0 Å². The van der Waals surface area contributed by atoms with Crippen LogP contribution < -0.4 is 0 Å². The molecule has 0 aliphatic heterocycles. The van der Waals surface area contributed by atoms with Gasteiger partial charge in [-0.1, -0.05) is 12.1 Å². The summed E-state index contributed by atoms with van der Waals surface area (Å²) in [6.07, 6.45) is 3.54. The molecule has 5 heteroatoms. The van der Waals surface area contributed by atoms with Crippen molar-refractivity contribution in [1.82, 2.24) is 9.97 Å². The molecule has 21 heavy (non-hydrogen) atoms. The standard InChI is InChI=1S/C10H8N2.C5H6.CH3.2ClH.Ru/c1-3-7-11-9(5-1)10-6-2-4-8-12-10;1-4-5(2)3;;;;/h1-8H;2-3H3;1H3;2*1H;/q;;-1;;;+2/p-2. The van der Waals surface area contributed by atoms with E-state index < -0.39 is 13.5 Å². The van der Waals surface area contributed by atoms with Crippen LogP contribution in [0, 0.1) is 7.43 Å². The minimum Gasteiger partial charge on any atom is -0.358 e. The van der Waals surface area contributed by atoms with Crippen LogP contribution in [0.25, 0.3) is 11.4 Å². The van der Waals surface area contributed by atoms with Gasteiger partial charge in [0, 0.05) is 12.4 Å². The number of aromatic nitrogens is 2. The van der Waals surface area contributed by atoms with Crippen molar-refractivity contribution in [2.45, 2.75) is 13.8 Å². The van der Waals surface area contributed by atoms with Gasteiger partial charge in [0.25, 0.3) is 0 Å². The van der Waals surface area contributed by atoms with E-state index in [0.717, 1.165) is 17.0 Å². The van der Waals surface area contributed by atoms with Crippen molar-refractivity contribution in [3.05, 3.63) is 67.5 Å². The molecule has 2 rings (SSSR count). The molecule has 0 radical (unpaired) electrons. The van der Waals surface area contributed by atoms with Crippen LogP contribution in [-0.2, 0) is 13.5 Å². The van der Waals surface area contributed by atoms with E-state index in [4.69, 9.17) is 19.4 Å². The maximum atomic E-state index is 5.44. The van der Waals surface area contributed by atoms with E-state index in [1.807, 2.05) is 50.2 Å². The quantitative estimate of drug-likeness (QED) is 0.375. The minimum absolute atomic E-state index is 0. The monoisotopic (exact) mass is 409 g/mol.